The molecule has 0 saturated heterocycles. The molecule has 33 heavy (non-hydrogen) atoms. The normalized spacial score (nSPS) is 16.7. The van der Waals surface area contributed by atoms with Crippen molar-refractivity contribution in [3.8, 4) is 17.1 Å². The number of rotatable bonds is 4. The number of halogens is 1. The highest BCUT2D eigenvalue weighted by atomic mass is 35.5. The molecule has 0 fully saturated rings. The van der Waals surface area contributed by atoms with Gasteiger partial charge in [0, 0.05) is 29.2 Å². The summed E-state index contributed by atoms with van der Waals surface area (Å²) in [6, 6.07) is 8.33. The molecule has 1 aromatic heterocycles. The van der Waals surface area contributed by atoms with Gasteiger partial charge in [0.1, 0.15) is 6.10 Å². The van der Waals surface area contributed by atoms with E-state index in [9.17, 15) is 0 Å². The zero-order chi connectivity index (χ0) is 23.1. The molecule has 7 heteroatoms. The first-order chi connectivity index (χ1) is 15.9. The standard InChI is InChI=1S/C26H29ClN4O2/c1-15-10-18(11-19-13-31(3)8-6-20(15)19)23-12-29-25(28)26(30-23)33-16(2)24-21-7-9-32-14-17(21)4-5-22(24)27/h4-5,10-12,16H,6-9,13-14H2,1-3H3,(H2,28,29). The third-order valence-corrected chi connectivity index (χ3v) is 6.99. The molecule has 0 amide bonds. The number of fused-ring (bicyclic) bond motifs is 2. The van der Waals surface area contributed by atoms with Crippen LogP contribution in [0.15, 0.2) is 30.5 Å². The fourth-order valence-corrected chi connectivity index (χ4v) is 5.28. The van der Waals surface area contributed by atoms with E-state index in [1.54, 1.807) is 6.20 Å². The number of aryl methyl sites for hydroxylation is 1. The second kappa shape index (κ2) is 8.93. The van der Waals surface area contributed by atoms with Gasteiger partial charge in [-0.3, -0.25) is 0 Å². The number of anilines is 1. The van der Waals surface area contributed by atoms with Gasteiger partial charge < -0.3 is 20.1 Å². The van der Waals surface area contributed by atoms with Crippen LogP contribution in [0.2, 0.25) is 5.02 Å². The number of hydrogen-bond donors (Lipinski definition) is 1. The smallest absolute Gasteiger partial charge is 0.258 e. The van der Waals surface area contributed by atoms with Crippen molar-refractivity contribution in [2.24, 2.45) is 0 Å². The number of likely N-dealkylation sites (N-methyl/N-ethyl adjacent to an activating group) is 1. The lowest BCUT2D eigenvalue weighted by Crippen LogP contribution is -2.27. The minimum atomic E-state index is -0.323. The molecule has 0 radical (unpaired) electrons. The molecule has 2 aliphatic rings. The lowest BCUT2D eigenvalue weighted by molar-refractivity contribution is 0.109. The van der Waals surface area contributed by atoms with Crippen LogP contribution >= 0.6 is 11.6 Å². The average Bonchev–Trinajstić information content (AvgIpc) is 2.80. The van der Waals surface area contributed by atoms with Crippen molar-refractivity contribution >= 4 is 17.4 Å². The summed E-state index contributed by atoms with van der Waals surface area (Å²) in [6.45, 7) is 7.44. The zero-order valence-corrected chi connectivity index (χ0v) is 20.1. The second-order valence-corrected chi connectivity index (χ2v) is 9.43. The summed E-state index contributed by atoms with van der Waals surface area (Å²) in [4.78, 5) is 11.5. The number of aromatic nitrogens is 2. The predicted octanol–water partition coefficient (Wildman–Crippen LogP) is 4.89. The minimum Gasteiger partial charge on any atom is -0.467 e. The Morgan fingerprint density at radius 2 is 2.03 bits per heavy atom. The highest BCUT2D eigenvalue weighted by Gasteiger charge is 2.23. The minimum absolute atomic E-state index is 0.268. The van der Waals surface area contributed by atoms with Crippen LogP contribution in [0, 0.1) is 6.92 Å². The number of nitrogens with zero attached hydrogens (tertiary/aromatic N) is 3. The fraction of sp³-hybridized carbons (Fsp3) is 0.385. The molecular formula is C26H29ClN4O2. The maximum Gasteiger partial charge on any atom is 0.258 e. The van der Waals surface area contributed by atoms with Crippen molar-refractivity contribution < 1.29 is 9.47 Å². The molecule has 1 atom stereocenters. The van der Waals surface area contributed by atoms with Crippen molar-refractivity contribution in [1.82, 2.24) is 14.9 Å². The Kier molecular flexibility index (Phi) is 5.99. The van der Waals surface area contributed by atoms with Crippen LogP contribution in [-0.2, 0) is 30.7 Å². The van der Waals surface area contributed by atoms with E-state index in [2.05, 4.69) is 36.0 Å². The van der Waals surface area contributed by atoms with Crippen LogP contribution in [0.5, 0.6) is 5.88 Å². The van der Waals surface area contributed by atoms with Gasteiger partial charge in [-0.1, -0.05) is 17.7 Å². The highest BCUT2D eigenvalue weighted by Crippen LogP contribution is 2.36. The molecule has 3 aromatic rings. The number of ether oxygens (including phenoxy) is 2. The van der Waals surface area contributed by atoms with E-state index in [-0.39, 0.29) is 11.9 Å². The van der Waals surface area contributed by atoms with Crippen LogP contribution in [0.1, 0.15) is 46.4 Å². The lowest BCUT2D eigenvalue weighted by atomic mass is 9.92. The largest absolute Gasteiger partial charge is 0.467 e. The monoisotopic (exact) mass is 464 g/mol. The molecule has 172 valence electrons. The lowest BCUT2D eigenvalue weighted by Gasteiger charge is -2.27. The predicted molar refractivity (Wildman–Crippen MR) is 131 cm³/mol. The Balaban J connectivity index is 1.47. The Bertz CT molecular complexity index is 1210. The summed E-state index contributed by atoms with van der Waals surface area (Å²) in [5, 5.41) is 0.681. The summed E-state index contributed by atoms with van der Waals surface area (Å²) in [5.41, 5.74) is 15.3. The van der Waals surface area contributed by atoms with E-state index in [0.717, 1.165) is 48.3 Å². The van der Waals surface area contributed by atoms with Crippen molar-refractivity contribution in [3.05, 3.63) is 68.9 Å². The first kappa shape index (κ1) is 22.1. The molecule has 2 N–H and O–H groups in total. The van der Waals surface area contributed by atoms with Gasteiger partial charge >= 0.3 is 0 Å². The number of hydrogen-bond acceptors (Lipinski definition) is 6. The number of nitrogens with two attached hydrogens (primary N) is 1. The van der Waals surface area contributed by atoms with Gasteiger partial charge in [-0.05, 0) is 79.8 Å². The maximum atomic E-state index is 6.59. The summed E-state index contributed by atoms with van der Waals surface area (Å²) in [7, 11) is 2.15. The Hall–Kier alpha value is -2.67. The SMILES string of the molecule is Cc1cc(-c2cnc(N)c(OC(C)c3c(Cl)ccc4c3CCOC4)n2)cc2c1CCN(C)C2. The van der Waals surface area contributed by atoms with E-state index in [1.165, 1.54) is 22.3 Å². The molecule has 3 heterocycles. The third kappa shape index (κ3) is 4.31. The molecular weight excluding hydrogens is 436 g/mol. The molecule has 0 saturated carbocycles. The van der Waals surface area contributed by atoms with Crippen LogP contribution in [0.4, 0.5) is 5.82 Å². The molecule has 2 aliphatic heterocycles. The van der Waals surface area contributed by atoms with Gasteiger partial charge in [-0.25, -0.2) is 9.97 Å². The van der Waals surface area contributed by atoms with Crippen LogP contribution < -0.4 is 10.5 Å². The molecule has 0 aliphatic carbocycles. The molecule has 1 unspecified atom stereocenters. The summed E-state index contributed by atoms with van der Waals surface area (Å²) in [6.07, 6.45) is 3.28. The van der Waals surface area contributed by atoms with Crippen molar-refractivity contribution in [2.75, 3.05) is 25.9 Å². The topological polar surface area (TPSA) is 73.5 Å². The van der Waals surface area contributed by atoms with E-state index < -0.39 is 0 Å². The van der Waals surface area contributed by atoms with Gasteiger partial charge in [0.15, 0.2) is 5.82 Å². The van der Waals surface area contributed by atoms with Gasteiger partial charge in [0.25, 0.3) is 5.88 Å². The third-order valence-electron chi connectivity index (χ3n) is 6.66. The second-order valence-electron chi connectivity index (χ2n) is 9.03. The quantitative estimate of drug-likeness (QED) is 0.592. The zero-order valence-electron chi connectivity index (χ0n) is 19.3. The highest BCUT2D eigenvalue weighted by molar-refractivity contribution is 6.31. The number of benzene rings is 2. The van der Waals surface area contributed by atoms with Crippen LogP contribution in [0.3, 0.4) is 0 Å². The van der Waals surface area contributed by atoms with Crippen LogP contribution in [-0.4, -0.2) is 35.1 Å². The average molecular weight is 465 g/mol. The Labute approximate surface area is 199 Å². The van der Waals surface area contributed by atoms with E-state index >= 15 is 0 Å². The van der Waals surface area contributed by atoms with Crippen molar-refractivity contribution in [2.45, 2.75) is 45.9 Å². The maximum absolute atomic E-state index is 6.59. The molecule has 5 rings (SSSR count). The molecule has 0 bridgehead atoms. The number of nitrogen functional groups attached to an aromatic ring is 1. The first-order valence-electron chi connectivity index (χ1n) is 11.4. The van der Waals surface area contributed by atoms with Gasteiger partial charge in [0.2, 0.25) is 0 Å². The summed E-state index contributed by atoms with van der Waals surface area (Å²) in [5.74, 6) is 0.595. The molecule has 2 aromatic carbocycles. The van der Waals surface area contributed by atoms with Gasteiger partial charge in [-0.2, -0.15) is 0 Å². The summed E-state index contributed by atoms with van der Waals surface area (Å²) < 4.78 is 11.9. The fourth-order valence-electron chi connectivity index (χ4n) is 4.95. The van der Waals surface area contributed by atoms with Gasteiger partial charge in [0.05, 0.1) is 25.1 Å². The van der Waals surface area contributed by atoms with E-state index in [0.29, 0.717) is 24.1 Å². The van der Waals surface area contributed by atoms with E-state index in [1.807, 2.05) is 19.1 Å². The van der Waals surface area contributed by atoms with Crippen molar-refractivity contribution in [3.63, 3.8) is 0 Å². The van der Waals surface area contributed by atoms with Crippen LogP contribution in [0.25, 0.3) is 11.3 Å². The molecule has 6 nitrogen and oxygen atoms in total. The Morgan fingerprint density at radius 3 is 2.88 bits per heavy atom. The first-order valence-corrected chi connectivity index (χ1v) is 11.8. The van der Waals surface area contributed by atoms with Crippen molar-refractivity contribution in [1.29, 1.82) is 0 Å². The Morgan fingerprint density at radius 1 is 1.18 bits per heavy atom. The summed E-state index contributed by atoms with van der Waals surface area (Å²) >= 11 is 6.59. The van der Waals surface area contributed by atoms with Gasteiger partial charge in [-0.15, -0.1) is 0 Å². The molecule has 0 spiro atoms. The van der Waals surface area contributed by atoms with E-state index in [4.69, 9.17) is 31.8 Å².